The summed E-state index contributed by atoms with van der Waals surface area (Å²) in [5.41, 5.74) is 0. The van der Waals surface area contributed by atoms with Crippen molar-refractivity contribution in [2.24, 2.45) is 0 Å². The van der Waals surface area contributed by atoms with Crippen LogP contribution in [0.15, 0.2) is 0 Å². The van der Waals surface area contributed by atoms with E-state index >= 15 is 0 Å². The summed E-state index contributed by atoms with van der Waals surface area (Å²) >= 11 is 2.01. The first kappa shape index (κ1) is 10.0. The van der Waals surface area contributed by atoms with Crippen LogP contribution in [-0.4, -0.2) is 20.9 Å². The molecule has 1 aliphatic rings. The molecule has 2 rings (SSSR count). The van der Waals surface area contributed by atoms with Crippen LogP contribution in [0.25, 0.3) is 0 Å². The topological polar surface area (TPSA) is 41.6 Å². The predicted molar refractivity (Wildman–Crippen MR) is 59.5 cm³/mol. The van der Waals surface area contributed by atoms with E-state index in [2.05, 4.69) is 29.0 Å². The van der Waals surface area contributed by atoms with Crippen molar-refractivity contribution in [2.45, 2.75) is 44.3 Å². The Bertz CT molecular complexity index is 289. The molecule has 78 valence electrons. The fraction of sp³-hybridized carbons (Fsp3) is 0.800. The SMILES string of the molecule is CC(C)c1n[nH]c(C2CCCCS2)n1. The van der Waals surface area contributed by atoms with E-state index in [0.717, 1.165) is 11.6 Å². The fourth-order valence-corrected chi connectivity index (χ4v) is 2.90. The van der Waals surface area contributed by atoms with Crippen molar-refractivity contribution in [3.05, 3.63) is 11.6 Å². The number of thioether (sulfide) groups is 1. The van der Waals surface area contributed by atoms with Crippen LogP contribution in [0.1, 0.15) is 55.9 Å². The number of nitrogens with zero attached hydrogens (tertiary/aromatic N) is 2. The number of aromatic nitrogens is 3. The van der Waals surface area contributed by atoms with Crippen molar-refractivity contribution in [3.8, 4) is 0 Å². The molecule has 14 heavy (non-hydrogen) atoms. The molecular weight excluding hydrogens is 194 g/mol. The molecule has 0 amide bonds. The molecule has 1 N–H and O–H groups in total. The maximum Gasteiger partial charge on any atom is 0.153 e. The molecule has 3 nitrogen and oxygen atoms in total. The minimum Gasteiger partial charge on any atom is -0.262 e. The molecular formula is C10H17N3S. The number of nitrogens with one attached hydrogen (secondary N) is 1. The summed E-state index contributed by atoms with van der Waals surface area (Å²) in [6, 6.07) is 0. The highest BCUT2D eigenvalue weighted by molar-refractivity contribution is 7.99. The zero-order valence-electron chi connectivity index (χ0n) is 8.79. The standard InChI is InChI=1S/C10H17N3S/c1-7(2)9-11-10(13-12-9)8-5-3-4-6-14-8/h7-8H,3-6H2,1-2H3,(H,11,12,13). The zero-order valence-corrected chi connectivity index (χ0v) is 9.60. The molecule has 0 bridgehead atoms. The summed E-state index contributed by atoms with van der Waals surface area (Å²) in [5, 5.41) is 7.88. The number of hydrogen-bond acceptors (Lipinski definition) is 3. The van der Waals surface area contributed by atoms with E-state index in [1.54, 1.807) is 0 Å². The minimum atomic E-state index is 0.425. The third kappa shape index (κ3) is 2.11. The van der Waals surface area contributed by atoms with Gasteiger partial charge in [0, 0.05) is 5.92 Å². The number of rotatable bonds is 2. The molecule has 1 aromatic heterocycles. The van der Waals surface area contributed by atoms with Crippen LogP contribution in [0.2, 0.25) is 0 Å². The molecule has 0 aromatic carbocycles. The molecule has 1 aliphatic heterocycles. The van der Waals surface area contributed by atoms with Gasteiger partial charge in [0.05, 0.1) is 5.25 Å². The summed E-state index contributed by atoms with van der Waals surface area (Å²) in [5.74, 6) is 3.72. The zero-order chi connectivity index (χ0) is 9.97. The highest BCUT2D eigenvalue weighted by Gasteiger charge is 2.20. The molecule has 1 fully saturated rings. The Morgan fingerprint density at radius 1 is 1.43 bits per heavy atom. The first-order valence-electron chi connectivity index (χ1n) is 5.31. The van der Waals surface area contributed by atoms with Gasteiger partial charge in [-0.3, -0.25) is 5.10 Å². The first-order valence-corrected chi connectivity index (χ1v) is 6.36. The monoisotopic (exact) mass is 211 g/mol. The summed E-state index contributed by atoms with van der Waals surface area (Å²) in [6.07, 6.45) is 3.93. The average Bonchev–Trinajstić information content (AvgIpc) is 2.68. The highest BCUT2D eigenvalue weighted by atomic mass is 32.2. The predicted octanol–water partition coefficient (Wildman–Crippen LogP) is 2.89. The van der Waals surface area contributed by atoms with Crippen molar-refractivity contribution in [2.75, 3.05) is 5.75 Å². The number of hydrogen-bond donors (Lipinski definition) is 1. The summed E-state index contributed by atoms with van der Waals surface area (Å²) in [4.78, 5) is 4.55. The molecule has 1 atom stereocenters. The van der Waals surface area contributed by atoms with E-state index < -0.39 is 0 Å². The Balaban J connectivity index is 2.07. The van der Waals surface area contributed by atoms with Crippen molar-refractivity contribution in [3.63, 3.8) is 0 Å². The van der Waals surface area contributed by atoms with E-state index in [1.807, 2.05) is 11.8 Å². The Hall–Kier alpha value is -0.510. The highest BCUT2D eigenvalue weighted by Crippen LogP contribution is 2.36. The van der Waals surface area contributed by atoms with Crippen molar-refractivity contribution >= 4 is 11.8 Å². The second-order valence-corrected chi connectivity index (χ2v) is 5.40. The van der Waals surface area contributed by atoms with Gasteiger partial charge < -0.3 is 0 Å². The molecule has 0 saturated carbocycles. The molecule has 1 unspecified atom stereocenters. The van der Waals surface area contributed by atoms with Gasteiger partial charge in [0.1, 0.15) is 5.82 Å². The number of H-pyrrole nitrogens is 1. The van der Waals surface area contributed by atoms with Crippen LogP contribution in [0.5, 0.6) is 0 Å². The third-order valence-corrected chi connectivity index (χ3v) is 3.91. The van der Waals surface area contributed by atoms with Crippen LogP contribution >= 0.6 is 11.8 Å². The van der Waals surface area contributed by atoms with E-state index in [4.69, 9.17) is 0 Å². The lowest BCUT2D eigenvalue weighted by atomic mass is 10.2. The Morgan fingerprint density at radius 3 is 2.86 bits per heavy atom. The molecule has 1 saturated heterocycles. The number of aromatic amines is 1. The van der Waals surface area contributed by atoms with E-state index in [9.17, 15) is 0 Å². The lowest BCUT2D eigenvalue weighted by Crippen LogP contribution is -2.04. The Kier molecular flexibility index (Phi) is 3.11. The maximum absolute atomic E-state index is 4.55. The molecule has 0 aliphatic carbocycles. The lowest BCUT2D eigenvalue weighted by molar-refractivity contribution is 0.663. The molecule has 0 spiro atoms. The maximum atomic E-state index is 4.55. The fourth-order valence-electron chi connectivity index (χ4n) is 1.65. The lowest BCUT2D eigenvalue weighted by Gasteiger charge is -2.18. The summed E-state index contributed by atoms with van der Waals surface area (Å²) in [6.45, 7) is 4.25. The molecule has 0 radical (unpaired) electrons. The van der Waals surface area contributed by atoms with Crippen LogP contribution in [0.4, 0.5) is 0 Å². The van der Waals surface area contributed by atoms with Crippen LogP contribution in [0.3, 0.4) is 0 Å². The van der Waals surface area contributed by atoms with Crippen molar-refractivity contribution in [1.29, 1.82) is 0 Å². The van der Waals surface area contributed by atoms with Crippen LogP contribution in [-0.2, 0) is 0 Å². The second kappa shape index (κ2) is 4.34. The van der Waals surface area contributed by atoms with E-state index in [1.165, 1.54) is 25.0 Å². The Labute approximate surface area is 89.1 Å². The van der Waals surface area contributed by atoms with Crippen molar-refractivity contribution in [1.82, 2.24) is 15.2 Å². The normalized spacial score (nSPS) is 22.9. The van der Waals surface area contributed by atoms with Gasteiger partial charge in [-0.15, -0.1) is 0 Å². The van der Waals surface area contributed by atoms with E-state index in [-0.39, 0.29) is 0 Å². The molecule has 4 heteroatoms. The summed E-state index contributed by atoms with van der Waals surface area (Å²) < 4.78 is 0. The van der Waals surface area contributed by atoms with Gasteiger partial charge in [-0.2, -0.15) is 16.9 Å². The van der Waals surface area contributed by atoms with Crippen LogP contribution < -0.4 is 0 Å². The van der Waals surface area contributed by atoms with Crippen molar-refractivity contribution < 1.29 is 0 Å². The van der Waals surface area contributed by atoms with Gasteiger partial charge in [0.15, 0.2) is 5.82 Å². The minimum absolute atomic E-state index is 0.425. The summed E-state index contributed by atoms with van der Waals surface area (Å²) in [7, 11) is 0. The molecule has 1 aromatic rings. The Morgan fingerprint density at radius 2 is 2.29 bits per heavy atom. The first-order chi connectivity index (χ1) is 6.77. The second-order valence-electron chi connectivity index (χ2n) is 4.09. The van der Waals surface area contributed by atoms with Gasteiger partial charge in [0.25, 0.3) is 0 Å². The molecule has 2 heterocycles. The van der Waals surface area contributed by atoms with E-state index in [0.29, 0.717) is 11.2 Å². The van der Waals surface area contributed by atoms with Gasteiger partial charge in [-0.25, -0.2) is 4.98 Å². The van der Waals surface area contributed by atoms with Gasteiger partial charge in [-0.05, 0) is 18.6 Å². The largest absolute Gasteiger partial charge is 0.262 e. The van der Waals surface area contributed by atoms with Gasteiger partial charge in [-0.1, -0.05) is 20.3 Å². The quantitative estimate of drug-likeness (QED) is 0.817. The third-order valence-electron chi connectivity index (χ3n) is 2.52. The van der Waals surface area contributed by atoms with Gasteiger partial charge >= 0.3 is 0 Å². The van der Waals surface area contributed by atoms with Gasteiger partial charge in [0.2, 0.25) is 0 Å². The smallest absolute Gasteiger partial charge is 0.153 e. The van der Waals surface area contributed by atoms with Crippen LogP contribution in [0, 0.1) is 0 Å². The average molecular weight is 211 g/mol.